The predicted molar refractivity (Wildman–Crippen MR) is 499 cm³/mol. The zero-order valence-corrected chi connectivity index (χ0v) is 75.9. The Morgan fingerprint density at radius 2 is 0.679 bits per heavy atom. The first kappa shape index (κ1) is 95.3. The number of piperidine rings is 4. The van der Waals surface area contributed by atoms with Crippen LogP contribution in [0.1, 0.15) is 189 Å². The number of carbonyl (C=O) groups is 10. The van der Waals surface area contributed by atoms with E-state index < -0.39 is 70.7 Å². The second kappa shape index (κ2) is 42.0. The summed E-state index contributed by atoms with van der Waals surface area (Å²) in [5.41, 5.74) is 22.5. The summed E-state index contributed by atoms with van der Waals surface area (Å²) in [7, 11) is 0. The van der Waals surface area contributed by atoms with Crippen molar-refractivity contribution in [1.82, 2.24) is 80.7 Å². The fourth-order valence-corrected chi connectivity index (χ4v) is 16.3. The van der Waals surface area contributed by atoms with E-state index in [2.05, 4.69) is 144 Å². The number of anilines is 8. The van der Waals surface area contributed by atoms with E-state index in [1.165, 1.54) is 54.6 Å². The van der Waals surface area contributed by atoms with Crippen LogP contribution in [0.15, 0.2) is 147 Å². The molecule has 4 aromatic carbocycles. The molecule has 0 spiro atoms. The molecule has 12 heterocycles. The van der Waals surface area contributed by atoms with Gasteiger partial charge in [0, 0.05) is 47.2 Å². The van der Waals surface area contributed by atoms with E-state index >= 15 is 0 Å². The first-order valence-corrected chi connectivity index (χ1v) is 43.5. The highest BCUT2D eigenvalue weighted by Gasteiger charge is 2.39. The zero-order valence-electron chi connectivity index (χ0n) is 75.9. The number of rotatable bonds is 10. The summed E-state index contributed by atoms with van der Waals surface area (Å²) >= 11 is 0. The largest absolute Gasteiger partial charge is 0.474 e. The molecule has 0 aliphatic carbocycles. The third-order valence-electron chi connectivity index (χ3n) is 22.9. The van der Waals surface area contributed by atoms with Crippen molar-refractivity contribution in [3.8, 4) is 0 Å². The molecule has 8 aromatic heterocycles. The highest BCUT2D eigenvalue weighted by atomic mass is 16.6. The Morgan fingerprint density at radius 1 is 0.382 bits per heavy atom. The van der Waals surface area contributed by atoms with E-state index in [4.69, 9.17) is 26.0 Å². The normalized spacial score (nSPS) is 18.4. The van der Waals surface area contributed by atoms with Crippen LogP contribution in [0.3, 0.4) is 0 Å². The molecule has 0 unspecified atom stereocenters. The van der Waals surface area contributed by atoms with Crippen LogP contribution in [-0.2, 0) is 47.8 Å². The number of carboxylic acids is 1. The third kappa shape index (κ3) is 24.8. The quantitative estimate of drug-likeness (QED) is 0.0565. The number of aromatic amines is 4. The van der Waals surface area contributed by atoms with Crippen molar-refractivity contribution < 1.29 is 62.5 Å². The van der Waals surface area contributed by atoms with Gasteiger partial charge in [0.15, 0.2) is 0 Å². The fourth-order valence-electron chi connectivity index (χ4n) is 16.3. The number of H-pyrrole nitrogens is 4. The summed E-state index contributed by atoms with van der Waals surface area (Å²) < 4.78 is 10.3. The summed E-state index contributed by atoms with van der Waals surface area (Å²) in [6.45, 7) is 28.8. The highest BCUT2D eigenvalue weighted by Crippen LogP contribution is 2.41. The highest BCUT2D eigenvalue weighted by molar-refractivity contribution is 6.41. The first-order chi connectivity index (χ1) is 62.3. The summed E-state index contributed by atoms with van der Waals surface area (Å²) in [6.07, 6.45) is 19.3. The number of pyridine rings is 4. The van der Waals surface area contributed by atoms with Gasteiger partial charge in [0.25, 0.3) is 0 Å². The maximum atomic E-state index is 13.3. The van der Waals surface area contributed by atoms with E-state index in [1.807, 2.05) is 60.8 Å². The van der Waals surface area contributed by atoms with E-state index in [9.17, 15) is 47.9 Å². The minimum absolute atomic E-state index is 0.169. The van der Waals surface area contributed by atoms with Gasteiger partial charge in [0.2, 0.25) is 0 Å². The lowest BCUT2D eigenvalue weighted by atomic mass is 9.88. The van der Waals surface area contributed by atoms with Gasteiger partial charge in [0.05, 0.1) is 113 Å². The van der Waals surface area contributed by atoms with Gasteiger partial charge in [-0.05, 0) is 244 Å². The second-order valence-electron chi connectivity index (χ2n) is 35.8. The number of fused-ring (bicyclic) bond motifs is 4. The number of nitrogen functional groups attached to an aromatic ring is 2. The topological polar surface area (TPSA) is 522 Å². The van der Waals surface area contributed by atoms with Gasteiger partial charge in [-0.1, -0.05) is 76.2 Å². The molecule has 688 valence electrons. The number of carbonyl (C=O) groups excluding carboxylic acids is 9. The van der Waals surface area contributed by atoms with E-state index in [-0.39, 0.29) is 35.5 Å². The van der Waals surface area contributed by atoms with Gasteiger partial charge in [-0.2, -0.15) is 20.4 Å². The molecule has 0 saturated carbocycles. The Labute approximate surface area is 756 Å². The number of aryl methyl sites for hydroxylation is 4. The summed E-state index contributed by atoms with van der Waals surface area (Å²) in [4.78, 5) is 144. The number of ether oxygens (including phenoxy) is 2. The molecule has 16 N–H and O–H groups in total. The van der Waals surface area contributed by atoms with Crippen LogP contribution in [0.2, 0.25) is 0 Å². The molecule has 4 aliphatic rings. The number of hydrogen-bond acceptors (Lipinski definition) is 23. The monoisotopic (exact) mass is 1790 g/mol. The molecule has 37 nitrogen and oxygen atoms in total. The molecule has 0 bridgehead atoms. The van der Waals surface area contributed by atoms with Crippen molar-refractivity contribution >= 4 is 149 Å². The van der Waals surface area contributed by atoms with Crippen molar-refractivity contribution in [2.45, 2.75) is 184 Å². The average molecular weight is 1790 g/mol. The van der Waals surface area contributed by atoms with Gasteiger partial charge in [-0.25, -0.2) is 34.3 Å². The van der Waals surface area contributed by atoms with Crippen molar-refractivity contribution in [3.05, 3.63) is 191 Å². The van der Waals surface area contributed by atoms with Crippen molar-refractivity contribution in [2.75, 3.05) is 69.5 Å². The molecule has 9 amide bonds. The van der Waals surface area contributed by atoms with Crippen LogP contribution in [-0.4, -0.2) is 177 Å². The minimum atomic E-state index is -1.59. The van der Waals surface area contributed by atoms with Crippen LogP contribution in [0.5, 0.6) is 0 Å². The van der Waals surface area contributed by atoms with Crippen molar-refractivity contribution in [3.63, 3.8) is 0 Å². The molecule has 16 rings (SSSR count). The van der Waals surface area contributed by atoms with Gasteiger partial charge in [-0.3, -0.25) is 64.6 Å². The van der Waals surface area contributed by atoms with E-state index in [0.717, 1.165) is 117 Å². The smallest absolute Gasteiger partial charge is 0.413 e. The number of likely N-dealkylation sites (tertiary alicyclic amines) is 3. The molecule has 4 fully saturated rings. The Morgan fingerprint density at radius 3 is 0.977 bits per heavy atom. The Hall–Kier alpha value is -14.8. The number of nitrogens with two attached hydrogens (primary N) is 2. The van der Waals surface area contributed by atoms with Gasteiger partial charge >= 0.3 is 59.5 Å². The molecular formula is C94H114N24O13. The number of aromatic nitrogens is 12. The molecular weight excluding hydrogens is 1670 g/mol. The maximum Gasteiger partial charge on any atom is 0.413 e. The van der Waals surface area contributed by atoms with Gasteiger partial charge in [-0.15, -0.1) is 0 Å². The number of nitrogens with one attached hydrogen (secondary N) is 11. The van der Waals surface area contributed by atoms with Crippen molar-refractivity contribution in [1.29, 1.82) is 0 Å². The average Bonchev–Trinajstić information content (AvgIpc) is 1.76. The zero-order chi connectivity index (χ0) is 94.3. The van der Waals surface area contributed by atoms with Gasteiger partial charge < -0.3 is 67.3 Å². The predicted octanol–water partition coefficient (Wildman–Crippen LogP) is 14.5. The Balaban J connectivity index is 0.000000151. The number of benzene rings is 4. The van der Waals surface area contributed by atoms with Crippen LogP contribution in [0.25, 0.3) is 43.6 Å². The van der Waals surface area contributed by atoms with Gasteiger partial charge in [0.1, 0.15) is 34.5 Å². The molecule has 131 heavy (non-hydrogen) atoms. The fraction of sp³-hybridized carbons (Fsp3) is 0.383. The SMILES string of the molecule is C[C@H]1CC[C@H](c2cccc3[nH]ncc23)NC1.Cc1cc(NC(=O)C(=O)N2C[C@@H](C)CC[C@@H]2c2cccc3[nH]ncc23)cnc1N.Cc1cc(NC(=O)C(=O)N2C[C@H](C)CC[C@H]2c2cccc3[nH]ncc23)cnc1N.Cc1cc(NC(=O)C(=O)N2C[C@H](C)CC[C@H]2c2cccc3[nH]ncc23)cnc1NC(=O)OC(C)(C)C.Cc1cc(NC(=O)C(=O)O)cnc1NC(=O)OC(C)(C)C. The number of carboxylic acid groups (broad SMARTS) is 1. The molecule has 0 radical (unpaired) electrons. The van der Waals surface area contributed by atoms with Crippen molar-refractivity contribution in [2.24, 2.45) is 23.7 Å². The molecule has 4 aliphatic heterocycles. The Kier molecular flexibility index (Phi) is 30.6. The number of hydrogen-bond donors (Lipinski definition) is 14. The standard InChI is InChI=1S/C26H32N6O4.2C21H24N6O2.C13H17N3O5.C13H17N3/c1-15-9-10-21(18-7-6-8-20-19(18)13-28-31-20)32(14-15)24(34)23(33)29-17-11-16(2)22(27-12-17)30-25(35)36-26(3,4)5;2*1-12-6-7-18(15-4-3-5-17-16(15)10-24-26-17)27(11-12)21(29)20(28)25-14-8-13(2)19(22)23-9-14;1-7-5-8(15-10(17)11(18)19)6-14-9(7)16-12(20)21-13(2,3)4;1-9-5-6-12(14-7-9)10-3-2-4-13-11(10)8-15-16-13/h6-8,11-13,15,21H,9-10,14H2,1-5H3,(H,28,31)(H,29,33)(H,27,30,35);2*3-5,8-10,12,18H,6-7,11H2,1-2H3,(H2,22,23)(H,24,26)(H,25,28);5-6H,1-4H3,(H,15,17)(H,18,19)(H,14,16,20);2-4,8-9,12,14H,5-7H2,1H3,(H,15,16)/t15-,21+;2*12-,18+;;9-,12+/m110.0/s1. The van der Waals surface area contributed by atoms with Crippen LogP contribution < -0.4 is 48.7 Å². The maximum absolute atomic E-state index is 13.3. The number of amides is 9. The van der Waals surface area contributed by atoms with Crippen LogP contribution in [0.4, 0.5) is 55.6 Å². The number of aliphatic carboxylic acids is 1. The first-order valence-electron chi connectivity index (χ1n) is 43.5. The third-order valence-corrected chi connectivity index (χ3v) is 22.9. The molecule has 8 atom stereocenters. The minimum Gasteiger partial charge on any atom is -0.474 e. The summed E-state index contributed by atoms with van der Waals surface area (Å²) in [6, 6.07) is 30.5. The van der Waals surface area contributed by atoms with E-state index in [0.29, 0.717) is 83.2 Å². The molecule has 4 saturated heterocycles. The van der Waals surface area contributed by atoms with E-state index in [1.54, 1.807) is 121 Å². The molecule has 37 heteroatoms. The summed E-state index contributed by atoms with van der Waals surface area (Å²) in [5, 5.41) is 59.9. The lowest BCUT2D eigenvalue weighted by molar-refractivity contribution is -0.147. The Bertz CT molecular complexity index is 6010. The number of nitrogens with zero attached hydrogens (tertiary/aromatic N) is 11. The van der Waals surface area contributed by atoms with Crippen LogP contribution >= 0.6 is 0 Å². The lowest BCUT2D eigenvalue weighted by Crippen LogP contribution is -2.46. The second-order valence-corrected chi connectivity index (χ2v) is 35.8. The lowest BCUT2D eigenvalue weighted by Gasteiger charge is -2.38. The van der Waals surface area contributed by atoms with Crippen LogP contribution in [0, 0.1) is 51.4 Å². The summed E-state index contributed by atoms with van der Waals surface area (Å²) in [5.74, 6) is -3.42. The molecule has 12 aromatic rings.